The molecule has 0 bridgehead atoms. The van der Waals surface area contributed by atoms with Gasteiger partial charge in [0.25, 0.3) is 0 Å². The molecule has 0 radical (unpaired) electrons. The molecule has 0 aliphatic rings. The summed E-state index contributed by atoms with van der Waals surface area (Å²) in [5.41, 5.74) is 8.92. The minimum Gasteiger partial charge on any atom is -0.205 e. The molecule has 11 heavy (non-hydrogen) atoms. The summed E-state index contributed by atoms with van der Waals surface area (Å²) >= 11 is 0. The highest BCUT2D eigenvalue weighted by molar-refractivity contribution is 5.10. The van der Waals surface area contributed by atoms with E-state index in [0.717, 1.165) is 5.70 Å². The Hall–Kier alpha value is -0.660. The fourth-order valence-corrected chi connectivity index (χ4v) is 0.918. The Morgan fingerprint density at radius 3 is 1.91 bits per heavy atom. The van der Waals surface area contributed by atoms with E-state index in [2.05, 4.69) is 32.8 Å². The van der Waals surface area contributed by atoms with Crippen LogP contribution in [0, 0.1) is 17.4 Å². The standard InChI is InChI=1S/C9H18N2/c1-6(2)7(3)8(4)9(5)11-10/h6-7,10H,1-5H3/b9-8-,11-10?. The van der Waals surface area contributed by atoms with Crippen LogP contribution in [0.3, 0.4) is 0 Å². The summed E-state index contributed by atoms with van der Waals surface area (Å²) in [6.45, 7) is 10.5. The van der Waals surface area contributed by atoms with Gasteiger partial charge in [-0.2, -0.15) is 5.11 Å². The Bertz CT molecular complexity index is 168. The van der Waals surface area contributed by atoms with Gasteiger partial charge in [-0.3, -0.25) is 0 Å². The van der Waals surface area contributed by atoms with Crippen molar-refractivity contribution in [1.82, 2.24) is 0 Å². The zero-order valence-electron chi connectivity index (χ0n) is 8.10. The summed E-state index contributed by atoms with van der Waals surface area (Å²) in [5.74, 6) is 1.16. The first-order valence-electron chi connectivity index (χ1n) is 4.05. The molecule has 64 valence electrons. The average molecular weight is 154 g/mol. The van der Waals surface area contributed by atoms with Crippen molar-refractivity contribution in [1.29, 1.82) is 5.53 Å². The molecule has 0 spiro atoms. The Morgan fingerprint density at radius 1 is 1.18 bits per heavy atom. The van der Waals surface area contributed by atoms with Crippen LogP contribution in [0.4, 0.5) is 0 Å². The van der Waals surface area contributed by atoms with Crippen molar-refractivity contribution in [2.45, 2.75) is 34.6 Å². The zero-order chi connectivity index (χ0) is 9.02. The normalized spacial score (nSPS) is 16.2. The predicted molar refractivity (Wildman–Crippen MR) is 47.5 cm³/mol. The highest BCUT2D eigenvalue weighted by Crippen LogP contribution is 2.22. The van der Waals surface area contributed by atoms with Crippen molar-refractivity contribution in [3.8, 4) is 0 Å². The van der Waals surface area contributed by atoms with Gasteiger partial charge in [0.1, 0.15) is 0 Å². The molecular formula is C9H18N2. The number of hydrogen-bond acceptors (Lipinski definition) is 2. The summed E-state index contributed by atoms with van der Waals surface area (Å²) in [7, 11) is 0. The van der Waals surface area contributed by atoms with Crippen molar-refractivity contribution in [3.63, 3.8) is 0 Å². The highest BCUT2D eigenvalue weighted by atomic mass is 15.0. The van der Waals surface area contributed by atoms with Crippen molar-refractivity contribution in [2.75, 3.05) is 0 Å². The third kappa shape index (κ3) is 2.83. The second-order valence-electron chi connectivity index (χ2n) is 3.41. The van der Waals surface area contributed by atoms with Gasteiger partial charge in [-0.05, 0) is 31.3 Å². The molecule has 1 unspecified atom stereocenters. The molecule has 0 heterocycles. The molecule has 1 atom stereocenters. The topological polar surface area (TPSA) is 36.2 Å². The van der Waals surface area contributed by atoms with E-state index < -0.39 is 0 Å². The molecule has 0 fully saturated rings. The smallest absolute Gasteiger partial charge is 0.0584 e. The minimum absolute atomic E-state index is 0.532. The lowest BCUT2D eigenvalue weighted by Crippen LogP contribution is -2.06. The number of rotatable bonds is 3. The average Bonchev–Trinajstić information content (AvgIpc) is 2.00. The van der Waals surface area contributed by atoms with Crippen LogP contribution in [0.25, 0.3) is 0 Å². The second-order valence-corrected chi connectivity index (χ2v) is 3.41. The lowest BCUT2D eigenvalue weighted by atomic mass is 9.90. The quantitative estimate of drug-likeness (QED) is 0.603. The first-order chi connectivity index (χ1) is 5.00. The SMILES string of the molecule is C/C(N=N)=C(\C)C(C)C(C)C. The molecule has 0 rings (SSSR count). The maximum Gasteiger partial charge on any atom is 0.0584 e. The van der Waals surface area contributed by atoms with Gasteiger partial charge in [0.2, 0.25) is 0 Å². The van der Waals surface area contributed by atoms with Crippen LogP contribution in [0.1, 0.15) is 34.6 Å². The maximum atomic E-state index is 6.84. The molecule has 1 N–H and O–H groups in total. The van der Waals surface area contributed by atoms with Gasteiger partial charge in [-0.15, -0.1) is 0 Å². The van der Waals surface area contributed by atoms with Gasteiger partial charge in [0.15, 0.2) is 0 Å². The van der Waals surface area contributed by atoms with E-state index in [9.17, 15) is 0 Å². The van der Waals surface area contributed by atoms with E-state index in [1.807, 2.05) is 6.92 Å². The van der Waals surface area contributed by atoms with Crippen LogP contribution in [0.2, 0.25) is 0 Å². The monoisotopic (exact) mass is 154 g/mol. The molecule has 0 saturated carbocycles. The Labute approximate surface area is 69.2 Å². The van der Waals surface area contributed by atoms with Crippen LogP contribution >= 0.6 is 0 Å². The van der Waals surface area contributed by atoms with Crippen LogP contribution in [-0.2, 0) is 0 Å². The summed E-state index contributed by atoms with van der Waals surface area (Å²) in [6.07, 6.45) is 0. The molecule has 0 aliphatic carbocycles. The molecule has 2 heteroatoms. The van der Waals surface area contributed by atoms with E-state index >= 15 is 0 Å². The van der Waals surface area contributed by atoms with Crippen molar-refractivity contribution in [2.24, 2.45) is 17.0 Å². The zero-order valence-corrected chi connectivity index (χ0v) is 8.10. The highest BCUT2D eigenvalue weighted by Gasteiger charge is 2.10. The van der Waals surface area contributed by atoms with Gasteiger partial charge < -0.3 is 0 Å². The van der Waals surface area contributed by atoms with E-state index in [-0.39, 0.29) is 0 Å². The Morgan fingerprint density at radius 2 is 1.64 bits per heavy atom. The molecule has 0 aromatic rings. The van der Waals surface area contributed by atoms with Gasteiger partial charge in [0, 0.05) is 0 Å². The lowest BCUT2D eigenvalue weighted by molar-refractivity contribution is 0.475. The van der Waals surface area contributed by atoms with Gasteiger partial charge in [-0.1, -0.05) is 20.8 Å². The number of allylic oxidation sites excluding steroid dienone is 2. The van der Waals surface area contributed by atoms with Crippen LogP contribution < -0.4 is 0 Å². The van der Waals surface area contributed by atoms with Crippen LogP contribution in [0.5, 0.6) is 0 Å². The first-order valence-corrected chi connectivity index (χ1v) is 4.05. The molecule has 2 nitrogen and oxygen atoms in total. The van der Waals surface area contributed by atoms with Crippen molar-refractivity contribution >= 4 is 0 Å². The second kappa shape index (κ2) is 4.27. The Kier molecular flexibility index (Phi) is 4.01. The largest absolute Gasteiger partial charge is 0.205 e. The van der Waals surface area contributed by atoms with Gasteiger partial charge in [-0.25, -0.2) is 5.53 Å². The fourth-order valence-electron chi connectivity index (χ4n) is 0.918. The van der Waals surface area contributed by atoms with Gasteiger partial charge >= 0.3 is 0 Å². The van der Waals surface area contributed by atoms with Crippen molar-refractivity contribution in [3.05, 3.63) is 11.3 Å². The maximum absolute atomic E-state index is 6.84. The summed E-state index contributed by atoms with van der Waals surface area (Å²) < 4.78 is 0. The lowest BCUT2D eigenvalue weighted by Gasteiger charge is -2.16. The predicted octanol–water partition coefficient (Wildman–Crippen LogP) is 3.60. The molecule has 0 aromatic carbocycles. The molecule has 0 amide bonds. The summed E-state index contributed by atoms with van der Waals surface area (Å²) in [6, 6.07) is 0. The molecule has 0 saturated heterocycles. The third-order valence-corrected chi connectivity index (χ3v) is 2.42. The number of nitrogens with zero attached hydrogens (tertiary/aromatic N) is 1. The first kappa shape index (κ1) is 10.3. The minimum atomic E-state index is 0.532. The van der Waals surface area contributed by atoms with Crippen molar-refractivity contribution < 1.29 is 0 Å². The summed E-state index contributed by atoms with van der Waals surface area (Å²) in [5, 5.41) is 3.42. The third-order valence-electron chi connectivity index (χ3n) is 2.42. The van der Waals surface area contributed by atoms with E-state index in [4.69, 9.17) is 5.53 Å². The van der Waals surface area contributed by atoms with E-state index in [1.54, 1.807) is 0 Å². The number of hydrogen-bond donors (Lipinski definition) is 1. The Balaban J connectivity index is 4.45. The molecule has 0 aromatic heterocycles. The fraction of sp³-hybridized carbons (Fsp3) is 0.778. The molecule has 0 aliphatic heterocycles. The van der Waals surface area contributed by atoms with Gasteiger partial charge in [0.05, 0.1) is 5.70 Å². The van der Waals surface area contributed by atoms with E-state index in [1.165, 1.54) is 5.57 Å². The molecular weight excluding hydrogens is 136 g/mol. The number of nitrogens with one attached hydrogen (secondary N) is 1. The van der Waals surface area contributed by atoms with Crippen LogP contribution in [-0.4, -0.2) is 0 Å². The van der Waals surface area contributed by atoms with E-state index in [0.29, 0.717) is 11.8 Å². The van der Waals surface area contributed by atoms with Crippen LogP contribution in [0.15, 0.2) is 16.4 Å². The summed E-state index contributed by atoms with van der Waals surface area (Å²) in [4.78, 5) is 0.